The Bertz CT molecular complexity index is 1320. The lowest BCUT2D eigenvalue weighted by Gasteiger charge is -2.33. The number of aliphatic hydroxyl groups is 1. The molecule has 2 heterocycles. The quantitative estimate of drug-likeness (QED) is 0.228. The van der Waals surface area contributed by atoms with Crippen LogP contribution in [-0.2, 0) is 6.61 Å². The van der Waals surface area contributed by atoms with Gasteiger partial charge in [0.05, 0.1) is 29.0 Å². The molecule has 1 fully saturated rings. The Labute approximate surface area is 219 Å². The molecule has 2 aromatic carbocycles. The maximum Gasteiger partial charge on any atom is 0.270 e. The first-order chi connectivity index (χ1) is 17.8. The molecule has 1 aliphatic rings. The van der Waals surface area contributed by atoms with Crippen molar-refractivity contribution in [1.29, 1.82) is 0 Å². The number of hydrogen-bond donors (Lipinski definition) is 3. The zero-order valence-corrected chi connectivity index (χ0v) is 21.3. The van der Waals surface area contributed by atoms with Crippen molar-refractivity contribution in [3.05, 3.63) is 70.0 Å². The molecule has 10 nitrogen and oxygen atoms in total. The molecule has 0 radical (unpaired) electrons. The van der Waals surface area contributed by atoms with E-state index in [1.807, 2.05) is 0 Å². The van der Waals surface area contributed by atoms with E-state index in [9.17, 15) is 20.0 Å². The molecular weight excluding hydrogens is 496 g/mol. The van der Waals surface area contributed by atoms with Crippen LogP contribution < -0.4 is 20.3 Å². The number of carbonyl (C=O) groups excluding carboxylic acids is 1. The molecule has 37 heavy (non-hydrogen) atoms. The Morgan fingerprint density at radius 1 is 1.22 bits per heavy atom. The first-order valence-corrected chi connectivity index (χ1v) is 12.2. The fourth-order valence-electron chi connectivity index (χ4n) is 4.25. The van der Waals surface area contributed by atoms with Crippen molar-refractivity contribution in [3.63, 3.8) is 0 Å². The van der Waals surface area contributed by atoms with Gasteiger partial charge in [0.2, 0.25) is 0 Å². The van der Waals surface area contributed by atoms with Crippen LogP contribution in [0.2, 0.25) is 0 Å². The monoisotopic (exact) mass is 524 g/mol. The molecule has 1 aliphatic heterocycles. The summed E-state index contributed by atoms with van der Waals surface area (Å²) in [6.45, 7) is 3.49. The number of aliphatic hydroxyl groups excluding tert-OH is 1. The van der Waals surface area contributed by atoms with Gasteiger partial charge in [0.25, 0.3) is 11.6 Å². The summed E-state index contributed by atoms with van der Waals surface area (Å²) in [7, 11) is 1.51. The number of nitrogens with zero attached hydrogens (tertiary/aromatic N) is 2. The number of anilines is 2. The van der Waals surface area contributed by atoms with E-state index in [-0.39, 0.29) is 23.0 Å². The van der Waals surface area contributed by atoms with Gasteiger partial charge in [-0.1, -0.05) is 6.92 Å². The molecule has 0 aliphatic carbocycles. The van der Waals surface area contributed by atoms with Crippen molar-refractivity contribution < 1.29 is 24.0 Å². The Hall–Kier alpha value is -3.96. The van der Waals surface area contributed by atoms with Gasteiger partial charge in [-0.05, 0) is 67.4 Å². The van der Waals surface area contributed by atoms with Gasteiger partial charge in [-0.15, -0.1) is 0 Å². The zero-order valence-electron chi connectivity index (χ0n) is 20.5. The molecule has 194 valence electrons. The minimum atomic E-state index is -0.552. The number of ether oxygens (including phenoxy) is 1. The average Bonchev–Trinajstić information content (AvgIpc) is 3.38. The predicted molar refractivity (Wildman–Crippen MR) is 144 cm³/mol. The Kier molecular flexibility index (Phi) is 8.04. The highest BCUT2D eigenvalue weighted by molar-refractivity contribution is 7.80. The molecule has 3 aromatic rings. The second kappa shape index (κ2) is 11.4. The van der Waals surface area contributed by atoms with Crippen LogP contribution in [0.5, 0.6) is 5.75 Å². The summed E-state index contributed by atoms with van der Waals surface area (Å²) in [4.78, 5) is 26.2. The predicted octanol–water partition coefficient (Wildman–Crippen LogP) is 4.72. The second-order valence-electron chi connectivity index (χ2n) is 8.88. The Morgan fingerprint density at radius 2 is 1.97 bits per heavy atom. The summed E-state index contributed by atoms with van der Waals surface area (Å²) in [5.41, 5.74) is 1.83. The van der Waals surface area contributed by atoms with Gasteiger partial charge >= 0.3 is 0 Å². The molecule has 0 unspecified atom stereocenters. The number of rotatable bonds is 7. The van der Waals surface area contributed by atoms with Gasteiger partial charge in [-0.3, -0.25) is 20.2 Å². The highest BCUT2D eigenvalue weighted by Crippen LogP contribution is 2.32. The lowest BCUT2D eigenvalue weighted by atomic mass is 9.98. The number of piperidine rings is 1. The largest absolute Gasteiger partial charge is 0.495 e. The SMILES string of the molecule is COc1ccc(-c2ccc(CO)o2)cc1NC(=S)NC(=O)c1cc([N+](=O)[O-])ccc1N1CCC(C)CC1. The highest BCUT2D eigenvalue weighted by Gasteiger charge is 2.24. The molecule has 1 saturated heterocycles. The number of methoxy groups -OCH3 is 1. The first-order valence-electron chi connectivity index (χ1n) is 11.8. The van der Waals surface area contributed by atoms with Gasteiger partial charge in [0, 0.05) is 30.8 Å². The van der Waals surface area contributed by atoms with Crippen LogP contribution in [-0.4, -0.2) is 41.2 Å². The molecule has 0 spiro atoms. The van der Waals surface area contributed by atoms with Crippen LogP contribution in [0, 0.1) is 16.0 Å². The molecule has 3 N–H and O–H groups in total. The summed E-state index contributed by atoms with van der Waals surface area (Å²) in [5.74, 6) is 1.49. The minimum absolute atomic E-state index is 0.000615. The van der Waals surface area contributed by atoms with E-state index in [1.54, 1.807) is 36.4 Å². The minimum Gasteiger partial charge on any atom is -0.495 e. The Morgan fingerprint density at radius 3 is 2.62 bits per heavy atom. The van der Waals surface area contributed by atoms with Crippen molar-refractivity contribution in [2.24, 2.45) is 5.92 Å². The summed E-state index contributed by atoms with van der Waals surface area (Å²) in [6.07, 6.45) is 1.95. The molecule has 0 bridgehead atoms. The zero-order chi connectivity index (χ0) is 26.5. The molecule has 1 amide bonds. The first kappa shape index (κ1) is 26.1. The fourth-order valence-corrected chi connectivity index (χ4v) is 4.45. The van der Waals surface area contributed by atoms with Crippen LogP contribution in [0.1, 0.15) is 35.9 Å². The number of furan rings is 1. The number of hydrogen-bond acceptors (Lipinski definition) is 8. The molecule has 0 atom stereocenters. The van der Waals surface area contributed by atoms with E-state index in [2.05, 4.69) is 22.5 Å². The number of amides is 1. The van der Waals surface area contributed by atoms with E-state index >= 15 is 0 Å². The van der Waals surface area contributed by atoms with E-state index in [0.29, 0.717) is 40.1 Å². The summed E-state index contributed by atoms with van der Waals surface area (Å²) in [6, 6.07) is 13.0. The fraction of sp³-hybridized carbons (Fsp3) is 0.308. The van der Waals surface area contributed by atoms with Crippen molar-refractivity contribution >= 4 is 40.3 Å². The van der Waals surface area contributed by atoms with Crippen molar-refractivity contribution in [1.82, 2.24) is 5.32 Å². The normalized spacial score (nSPS) is 13.8. The topological polar surface area (TPSA) is 130 Å². The van der Waals surface area contributed by atoms with Gasteiger partial charge in [0.15, 0.2) is 5.11 Å². The van der Waals surface area contributed by atoms with E-state index in [0.717, 1.165) is 25.9 Å². The summed E-state index contributed by atoms with van der Waals surface area (Å²) < 4.78 is 11.0. The number of benzene rings is 2. The van der Waals surface area contributed by atoms with Gasteiger partial charge in [-0.25, -0.2) is 0 Å². The third-order valence-electron chi connectivity index (χ3n) is 6.34. The molecule has 1 aromatic heterocycles. The van der Waals surface area contributed by atoms with Crippen LogP contribution in [0.4, 0.5) is 17.1 Å². The van der Waals surface area contributed by atoms with Crippen LogP contribution >= 0.6 is 12.2 Å². The summed E-state index contributed by atoms with van der Waals surface area (Å²) in [5, 5.41) is 26.3. The van der Waals surface area contributed by atoms with Crippen LogP contribution in [0.15, 0.2) is 52.9 Å². The number of non-ortho nitro benzene ring substituents is 1. The second-order valence-corrected chi connectivity index (χ2v) is 9.28. The number of nitrogens with one attached hydrogen (secondary N) is 2. The van der Waals surface area contributed by atoms with Gasteiger partial charge < -0.3 is 24.5 Å². The average molecular weight is 525 g/mol. The molecular formula is C26H28N4O6S. The lowest BCUT2D eigenvalue weighted by molar-refractivity contribution is -0.384. The van der Waals surface area contributed by atoms with Crippen LogP contribution in [0.25, 0.3) is 11.3 Å². The standard InChI is InChI=1S/C26H28N4O6S/c1-16-9-11-29(12-10-16)22-6-4-18(30(33)34)14-20(22)25(32)28-26(37)27-21-13-17(3-7-24(21)35-2)23-8-5-19(15-31)36-23/h3-8,13-14,16,31H,9-12,15H2,1-2H3,(H2,27,28,32,37). The van der Waals surface area contributed by atoms with Gasteiger partial charge in [0.1, 0.15) is 23.9 Å². The molecule has 11 heteroatoms. The smallest absolute Gasteiger partial charge is 0.270 e. The van der Waals surface area contributed by atoms with E-state index in [4.69, 9.17) is 21.4 Å². The third-order valence-corrected chi connectivity index (χ3v) is 6.54. The van der Waals surface area contributed by atoms with E-state index in [1.165, 1.54) is 19.2 Å². The number of thiocarbonyl (C=S) groups is 1. The number of nitro groups is 1. The third kappa shape index (κ3) is 6.07. The number of nitro benzene ring substituents is 1. The highest BCUT2D eigenvalue weighted by atomic mass is 32.1. The van der Waals surface area contributed by atoms with Crippen molar-refractivity contribution in [3.8, 4) is 17.1 Å². The van der Waals surface area contributed by atoms with Gasteiger partial charge in [-0.2, -0.15) is 0 Å². The molecule has 0 saturated carbocycles. The lowest BCUT2D eigenvalue weighted by Crippen LogP contribution is -2.37. The maximum atomic E-state index is 13.3. The van der Waals surface area contributed by atoms with Crippen LogP contribution in [0.3, 0.4) is 0 Å². The molecule has 4 rings (SSSR count). The Balaban J connectivity index is 1.55. The number of carbonyl (C=O) groups is 1. The van der Waals surface area contributed by atoms with Crippen molar-refractivity contribution in [2.45, 2.75) is 26.4 Å². The van der Waals surface area contributed by atoms with E-state index < -0.39 is 10.8 Å². The van der Waals surface area contributed by atoms with Crippen molar-refractivity contribution in [2.75, 3.05) is 30.4 Å². The summed E-state index contributed by atoms with van der Waals surface area (Å²) >= 11 is 5.40. The maximum absolute atomic E-state index is 13.3.